The van der Waals surface area contributed by atoms with Crippen LogP contribution >= 0.6 is 0 Å². The lowest BCUT2D eigenvalue weighted by Crippen LogP contribution is -2.12. The summed E-state index contributed by atoms with van der Waals surface area (Å²) in [5, 5.41) is 11.0. The van der Waals surface area contributed by atoms with Gasteiger partial charge in [-0.3, -0.25) is 0 Å². The number of aryl methyl sites for hydroxylation is 1. The Bertz CT molecular complexity index is 1130. The van der Waals surface area contributed by atoms with Crippen molar-refractivity contribution in [2.24, 2.45) is 0 Å². The molecule has 1 heterocycles. The maximum atomic E-state index is 11.0. The van der Waals surface area contributed by atoms with E-state index in [9.17, 15) is 5.11 Å². The normalized spacial score (nSPS) is 12.8. The van der Waals surface area contributed by atoms with Gasteiger partial charge in [-0.2, -0.15) is 0 Å². The van der Waals surface area contributed by atoms with Crippen LogP contribution in [0.15, 0.2) is 78.9 Å². The van der Waals surface area contributed by atoms with Gasteiger partial charge in [0.05, 0.1) is 17.6 Å². The second-order valence-electron chi connectivity index (χ2n) is 8.90. The van der Waals surface area contributed by atoms with Crippen LogP contribution in [0.4, 0.5) is 0 Å². The number of rotatable bonds is 7. The van der Waals surface area contributed by atoms with Gasteiger partial charge in [-0.15, -0.1) is 0 Å². The van der Waals surface area contributed by atoms with Crippen LogP contribution in [0, 0.1) is 0 Å². The highest BCUT2D eigenvalue weighted by molar-refractivity contribution is 5.76. The molecule has 4 aromatic rings. The Labute approximate surface area is 184 Å². The van der Waals surface area contributed by atoms with Gasteiger partial charge in [0.1, 0.15) is 17.7 Å². The summed E-state index contributed by atoms with van der Waals surface area (Å²) in [5.41, 5.74) is 4.20. The first kappa shape index (κ1) is 21.1. The maximum Gasteiger partial charge on any atom is 0.143 e. The summed E-state index contributed by atoms with van der Waals surface area (Å²) in [6.45, 7) is 7.95. The van der Waals surface area contributed by atoms with Crippen LogP contribution in [0.2, 0.25) is 0 Å². The van der Waals surface area contributed by atoms with Crippen LogP contribution < -0.4 is 4.74 Å². The highest BCUT2D eigenvalue weighted by Gasteiger charge is 2.19. The van der Waals surface area contributed by atoms with Gasteiger partial charge in [0.15, 0.2) is 0 Å². The molecule has 160 valence electrons. The fraction of sp³-hybridized carbons (Fsp3) is 0.296. The second-order valence-corrected chi connectivity index (χ2v) is 8.90. The van der Waals surface area contributed by atoms with Gasteiger partial charge in [0.25, 0.3) is 0 Å². The molecule has 0 spiro atoms. The first-order valence-electron chi connectivity index (χ1n) is 10.8. The van der Waals surface area contributed by atoms with E-state index in [-0.39, 0.29) is 5.41 Å². The van der Waals surface area contributed by atoms with Gasteiger partial charge in [0, 0.05) is 6.54 Å². The van der Waals surface area contributed by atoms with Gasteiger partial charge >= 0.3 is 0 Å². The van der Waals surface area contributed by atoms with E-state index in [0.29, 0.717) is 12.4 Å². The van der Waals surface area contributed by atoms with E-state index in [0.717, 1.165) is 35.3 Å². The molecular formula is C27H30N2O2. The molecule has 0 aliphatic carbocycles. The Morgan fingerprint density at radius 2 is 1.58 bits per heavy atom. The molecule has 0 saturated heterocycles. The molecule has 0 radical (unpaired) electrons. The number of ether oxygens (including phenoxy) is 1. The highest BCUT2D eigenvalue weighted by Crippen LogP contribution is 2.27. The van der Waals surface area contributed by atoms with Crippen LogP contribution in [0.3, 0.4) is 0 Å². The molecule has 0 aliphatic rings. The zero-order valence-electron chi connectivity index (χ0n) is 18.5. The minimum atomic E-state index is -0.764. The molecule has 0 aliphatic heterocycles. The molecule has 4 rings (SSSR count). The minimum Gasteiger partial charge on any atom is -0.494 e. The average Bonchev–Trinajstić information content (AvgIpc) is 3.15. The molecule has 4 heteroatoms. The summed E-state index contributed by atoms with van der Waals surface area (Å²) in [7, 11) is 0. The summed E-state index contributed by atoms with van der Waals surface area (Å²) in [6, 6.07) is 26.0. The standard InChI is InChI=1S/C27H30N2O2/c1-27(2,3)21-14-16-22(17-15-21)31-19-9-18-29-24-13-8-7-12-23(24)28-26(29)25(30)20-10-5-4-6-11-20/h4-8,10-17,25,30H,9,18-19H2,1-3H3. The molecule has 0 fully saturated rings. The quantitative estimate of drug-likeness (QED) is 0.384. The first-order chi connectivity index (χ1) is 14.9. The van der Waals surface area contributed by atoms with Crippen molar-refractivity contribution in [3.8, 4) is 5.75 Å². The number of para-hydroxylation sites is 2. The molecule has 3 aromatic carbocycles. The Hall–Kier alpha value is -3.11. The molecule has 1 atom stereocenters. The lowest BCUT2D eigenvalue weighted by Gasteiger charge is -2.19. The maximum absolute atomic E-state index is 11.0. The summed E-state index contributed by atoms with van der Waals surface area (Å²) in [6.07, 6.45) is 0.0510. The van der Waals surface area contributed by atoms with Crippen molar-refractivity contribution in [3.63, 3.8) is 0 Å². The van der Waals surface area contributed by atoms with Gasteiger partial charge in [-0.25, -0.2) is 4.98 Å². The SMILES string of the molecule is CC(C)(C)c1ccc(OCCCn2c(C(O)c3ccccc3)nc3ccccc32)cc1. The zero-order chi connectivity index (χ0) is 21.8. The third-order valence-electron chi connectivity index (χ3n) is 5.56. The number of nitrogens with zero attached hydrogens (tertiary/aromatic N) is 2. The second kappa shape index (κ2) is 8.94. The fourth-order valence-electron chi connectivity index (χ4n) is 3.79. The van der Waals surface area contributed by atoms with Gasteiger partial charge in [-0.1, -0.05) is 75.4 Å². The number of benzene rings is 3. The van der Waals surface area contributed by atoms with Crippen LogP contribution in [-0.2, 0) is 12.0 Å². The fourth-order valence-corrected chi connectivity index (χ4v) is 3.79. The van der Waals surface area contributed by atoms with E-state index in [1.807, 2.05) is 60.7 Å². The first-order valence-corrected chi connectivity index (χ1v) is 10.8. The summed E-state index contributed by atoms with van der Waals surface area (Å²) in [5.74, 6) is 1.55. The number of hydrogen-bond donors (Lipinski definition) is 1. The smallest absolute Gasteiger partial charge is 0.143 e. The molecule has 1 N–H and O–H groups in total. The Kier molecular flexibility index (Phi) is 6.10. The van der Waals surface area contributed by atoms with Crippen molar-refractivity contribution in [1.82, 2.24) is 9.55 Å². The van der Waals surface area contributed by atoms with Crippen LogP contribution in [0.1, 0.15) is 50.2 Å². The molecule has 0 amide bonds. The summed E-state index contributed by atoms with van der Waals surface area (Å²) in [4.78, 5) is 4.73. The molecule has 1 aromatic heterocycles. The third kappa shape index (κ3) is 4.80. The Balaban J connectivity index is 1.47. The topological polar surface area (TPSA) is 47.3 Å². The van der Waals surface area contributed by atoms with Crippen molar-refractivity contribution in [3.05, 3.63) is 95.8 Å². The van der Waals surface area contributed by atoms with Crippen molar-refractivity contribution >= 4 is 11.0 Å². The Morgan fingerprint density at radius 3 is 2.29 bits per heavy atom. The zero-order valence-corrected chi connectivity index (χ0v) is 18.5. The number of aliphatic hydroxyl groups is 1. The van der Waals surface area contributed by atoms with Crippen molar-refractivity contribution in [2.75, 3.05) is 6.61 Å². The molecule has 1 unspecified atom stereocenters. The number of hydrogen-bond acceptors (Lipinski definition) is 3. The number of aromatic nitrogens is 2. The lowest BCUT2D eigenvalue weighted by molar-refractivity contribution is 0.203. The average molecular weight is 415 g/mol. The largest absolute Gasteiger partial charge is 0.494 e. The van der Waals surface area contributed by atoms with Crippen molar-refractivity contribution in [2.45, 2.75) is 45.3 Å². The van der Waals surface area contributed by atoms with E-state index in [4.69, 9.17) is 9.72 Å². The van der Waals surface area contributed by atoms with E-state index >= 15 is 0 Å². The third-order valence-corrected chi connectivity index (χ3v) is 5.56. The van der Waals surface area contributed by atoms with Crippen molar-refractivity contribution in [1.29, 1.82) is 0 Å². The van der Waals surface area contributed by atoms with Gasteiger partial charge in [-0.05, 0) is 47.2 Å². The summed E-state index contributed by atoms with van der Waals surface area (Å²) < 4.78 is 8.08. The van der Waals surface area contributed by atoms with E-state index in [1.165, 1.54) is 5.56 Å². The predicted octanol–water partition coefficient (Wildman–Crippen LogP) is 5.88. The summed E-state index contributed by atoms with van der Waals surface area (Å²) >= 11 is 0. The lowest BCUT2D eigenvalue weighted by atomic mass is 9.87. The van der Waals surface area contributed by atoms with E-state index < -0.39 is 6.10 Å². The molecule has 4 nitrogen and oxygen atoms in total. The van der Waals surface area contributed by atoms with Crippen molar-refractivity contribution < 1.29 is 9.84 Å². The van der Waals surface area contributed by atoms with Gasteiger partial charge < -0.3 is 14.4 Å². The van der Waals surface area contributed by atoms with Crippen LogP contribution in [0.25, 0.3) is 11.0 Å². The molecule has 31 heavy (non-hydrogen) atoms. The number of imidazole rings is 1. The van der Waals surface area contributed by atoms with Crippen LogP contribution in [0.5, 0.6) is 5.75 Å². The monoisotopic (exact) mass is 414 g/mol. The van der Waals surface area contributed by atoms with Crippen LogP contribution in [-0.4, -0.2) is 21.3 Å². The molecular weight excluding hydrogens is 384 g/mol. The minimum absolute atomic E-state index is 0.136. The highest BCUT2D eigenvalue weighted by atomic mass is 16.5. The predicted molar refractivity (Wildman–Crippen MR) is 125 cm³/mol. The van der Waals surface area contributed by atoms with E-state index in [1.54, 1.807) is 0 Å². The number of aliphatic hydroxyl groups excluding tert-OH is 1. The molecule has 0 saturated carbocycles. The van der Waals surface area contributed by atoms with Gasteiger partial charge in [0.2, 0.25) is 0 Å². The Morgan fingerprint density at radius 1 is 0.903 bits per heavy atom. The molecule has 0 bridgehead atoms. The number of fused-ring (bicyclic) bond motifs is 1. The van der Waals surface area contributed by atoms with E-state index in [2.05, 4.69) is 43.5 Å².